The average Bonchev–Trinajstić information content (AvgIpc) is 3.21. The summed E-state index contributed by atoms with van der Waals surface area (Å²) in [6.45, 7) is 0. The lowest BCUT2D eigenvalue weighted by Crippen LogP contribution is -1.91. The van der Waals surface area contributed by atoms with Gasteiger partial charge < -0.3 is 0 Å². The summed E-state index contributed by atoms with van der Waals surface area (Å²) >= 11 is 19.7. The van der Waals surface area contributed by atoms with E-state index in [-0.39, 0.29) is 0 Å². The van der Waals surface area contributed by atoms with Crippen molar-refractivity contribution in [1.82, 2.24) is 4.98 Å². The molecule has 0 saturated carbocycles. The molecule has 144 valence electrons. The van der Waals surface area contributed by atoms with Crippen LogP contribution in [0.1, 0.15) is 5.56 Å². The summed E-state index contributed by atoms with van der Waals surface area (Å²) in [5.74, 6) is 0. The van der Waals surface area contributed by atoms with Gasteiger partial charge in [-0.1, -0.05) is 89.4 Å². The summed E-state index contributed by atoms with van der Waals surface area (Å²) in [7, 11) is 0. The molecule has 0 bridgehead atoms. The van der Waals surface area contributed by atoms with E-state index in [1.807, 2.05) is 23.6 Å². The van der Waals surface area contributed by atoms with Gasteiger partial charge in [0.05, 0.1) is 22.0 Å². The highest BCUT2D eigenvalue weighted by Gasteiger charge is 2.07. The smallest absolute Gasteiger partial charge is 0.203 e. The van der Waals surface area contributed by atoms with Crippen LogP contribution in [0.2, 0.25) is 15.1 Å². The highest BCUT2D eigenvalue weighted by atomic mass is 35.5. The van der Waals surface area contributed by atoms with Gasteiger partial charge in [-0.05, 0) is 23.3 Å². The Kier molecular flexibility index (Phi) is 6.16. The zero-order valence-electron chi connectivity index (χ0n) is 14.9. The van der Waals surface area contributed by atoms with Gasteiger partial charge in [-0.25, -0.2) is 4.98 Å². The first-order valence-corrected chi connectivity index (χ1v) is 10.7. The minimum Gasteiger partial charge on any atom is -0.253 e. The molecule has 1 N–H and O–H groups in total. The molecule has 1 heterocycles. The lowest BCUT2D eigenvalue weighted by atomic mass is 10.0. The van der Waals surface area contributed by atoms with Gasteiger partial charge in [0.25, 0.3) is 0 Å². The molecule has 0 atom stereocenters. The number of aromatic nitrogens is 1. The first-order valence-electron chi connectivity index (χ1n) is 8.65. The van der Waals surface area contributed by atoms with Gasteiger partial charge >= 0.3 is 0 Å². The summed E-state index contributed by atoms with van der Waals surface area (Å²) in [5, 5.41) is 8.13. The predicted octanol–water partition coefficient (Wildman–Crippen LogP) is 7.88. The van der Waals surface area contributed by atoms with E-state index in [1.165, 1.54) is 22.5 Å². The van der Waals surface area contributed by atoms with Crippen molar-refractivity contribution in [2.75, 3.05) is 5.43 Å². The van der Waals surface area contributed by atoms with E-state index in [4.69, 9.17) is 34.8 Å². The highest BCUT2D eigenvalue weighted by Crippen LogP contribution is 2.29. The Labute approximate surface area is 187 Å². The third-order valence-corrected chi connectivity index (χ3v) is 5.96. The Hall–Kier alpha value is -2.37. The Morgan fingerprint density at radius 3 is 2.31 bits per heavy atom. The lowest BCUT2D eigenvalue weighted by molar-refractivity contribution is 1.29. The van der Waals surface area contributed by atoms with E-state index in [2.05, 4.69) is 51.9 Å². The molecule has 3 aromatic carbocycles. The molecule has 0 aliphatic rings. The molecule has 1 aromatic heterocycles. The number of hydrazone groups is 1. The zero-order chi connectivity index (χ0) is 20.2. The minimum absolute atomic E-state index is 0.385. The molecule has 4 rings (SSSR count). The Morgan fingerprint density at radius 1 is 0.862 bits per heavy atom. The van der Waals surface area contributed by atoms with Crippen LogP contribution < -0.4 is 5.43 Å². The van der Waals surface area contributed by atoms with E-state index >= 15 is 0 Å². The van der Waals surface area contributed by atoms with Crippen molar-refractivity contribution in [3.8, 4) is 22.4 Å². The molecule has 0 unspecified atom stereocenters. The number of hydrogen-bond acceptors (Lipinski definition) is 4. The molecule has 0 amide bonds. The van der Waals surface area contributed by atoms with Gasteiger partial charge in [-0.3, -0.25) is 5.43 Å². The summed E-state index contributed by atoms with van der Waals surface area (Å²) in [5.41, 5.74) is 7.84. The molecule has 3 nitrogen and oxygen atoms in total. The third kappa shape index (κ3) is 4.80. The van der Waals surface area contributed by atoms with Crippen molar-refractivity contribution in [2.45, 2.75) is 0 Å². The second-order valence-corrected chi connectivity index (χ2v) is 8.22. The molecule has 0 radical (unpaired) electrons. The van der Waals surface area contributed by atoms with E-state index in [1.54, 1.807) is 18.3 Å². The second kappa shape index (κ2) is 8.97. The molecule has 0 saturated heterocycles. The van der Waals surface area contributed by atoms with Gasteiger partial charge in [-0.2, -0.15) is 5.10 Å². The fourth-order valence-corrected chi connectivity index (χ4v) is 4.08. The standard InChI is InChI=1S/C22H14Cl3N3S/c23-18-10-17(21(25)19(24)11-18)12-26-28-22-27-20(13-29-22)16-8-6-15(7-9-16)14-4-2-1-3-5-14/h1-13H,(H,27,28)/b26-12+. The monoisotopic (exact) mass is 457 g/mol. The Balaban J connectivity index is 1.46. The predicted molar refractivity (Wildman–Crippen MR) is 126 cm³/mol. The van der Waals surface area contributed by atoms with Crippen molar-refractivity contribution < 1.29 is 0 Å². The molecule has 0 aliphatic heterocycles. The van der Waals surface area contributed by atoms with Crippen molar-refractivity contribution in [1.29, 1.82) is 0 Å². The topological polar surface area (TPSA) is 37.3 Å². The molecule has 29 heavy (non-hydrogen) atoms. The Morgan fingerprint density at radius 2 is 1.55 bits per heavy atom. The van der Waals surface area contributed by atoms with Gasteiger partial charge in [0, 0.05) is 21.5 Å². The third-order valence-electron chi connectivity index (χ3n) is 4.18. The van der Waals surface area contributed by atoms with Crippen LogP contribution >= 0.6 is 46.1 Å². The van der Waals surface area contributed by atoms with Crippen molar-refractivity contribution >= 4 is 57.5 Å². The number of nitrogens with zero attached hydrogens (tertiary/aromatic N) is 2. The summed E-state index contributed by atoms with van der Waals surface area (Å²) in [6.07, 6.45) is 1.57. The molecular formula is C22H14Cl3N3S. The normalized spacial score (nSPS) is 11.1. The maximum absolute atomic E-state index is 6.17. The Bertz CT molecular complexity index is 1160. The van der Waals surface area contributed by atoms with Crippen molar-refractivity contribution in [3.05, 3.63) is 92.7 Å². The first kappa shape index (κ1) is 19.9. The van der Waals surface area contributed by atoms with Gasteiger partial charge in [0.15, 0.2) is 0 Å². The van der Waals surface area contributed by atoms with Crippen LogP contribution in [0.15, 0.2) is 77.2 Å². The van der Waals surface area contributed by atoms with Crippen LogP contribution in [-0.4, -0.2) is 11.2 Å². The van der Waals surface area contributed by atoms with Crippen LogP contribution in [-0.2, 0) is 0 Å². The maximum Gasteiger partial charge on any atom is 0.203 e. The lowest BCUT2D eigenvalue weighted by Gasteiger charge is -2.03. The van der Waals surface area contributed by atoms with Gasteiger partial charge in [0.2, 0.25) is 5.13 Å². The maximum atomic E-state index is 6.17. The molecular weight excluding hydrogens is 445 g/mol. The first-order chi connectivity index (χ1) is 14.1. The van der Waals surface area contributed by atoms with Crippen molar-refractivity contribution in [3.63, 3.8) is 0 Å². The zero-order valence-corrected chi connectivity index (χ0v) is 18.0. The fourth-order valence-electron chi connectivity index (χ4n) is 2.75. The van der Waals surface area contributed by atoms with E-state index in [0.717, 1.165) is 11.3 Å². The number of halogens is 3. The fraction of sp³-hybridized carbons (Fsp3) is 0. The van der Waals surface area contributed by atoms with Crippen LogP contribution in [0, 0.1) is 0 Å². The van der Waals surface area contributed by atoms with E-state index in [0.29, 0.717) is 25.8 Å². The van der Waals surface area contributed by atoms with Crippen LogP contribution in [0.5, 0.6) is 0 Å². The molecule has 7 heteroatoms. The number of anilines is 1. The van der Waals surface area contributed by atoms with Crippen LogP contribution in [0.3, 0.4) is 0 Å². The molecule has 0 spiro atoms. The number of benzene rings is 3. The minimum atomic E-state index is 0.385. The number of thiazole rings is 1. The molecule has 0 fully saturated rings. The average molecular weight is 459 g/mol. The SMILES string of the molecule is Clc1cc(Cl)c(Cl)c(/C=N/Nc2nc(-c3ccc(-c4ccccc4)cc3)cs2)c1. The van der Waals surface area contributed by atoms with Gasteiger partial charge in [0.1, 0.15) is 0 Å². The van der Waals surface area contributed by atoms with Crippen LogP contribution in [0.25, 0.3) is 22.4 Å². The highest BCUT2D eigenvalue weighted by molar-refractivity contribution is 7.14. The quantitative estimate of drug-likeness (QED) is 0.187. The summed E-state index contributed by atoms with van der Waals surface area (Å²) in [6, 6.07) is 21.9. The summed E-state index contributed by atoms with van der Waals surface area (Å²) in [4.78, 5) is 4.58. The number of rotatable bonds is 5. The van der Waals surface area contributed by atoms with E-state index < -0.39 is 0 Å². The summed E-state index contributed by atoms with van der Waals surface area (Å²) < 4.78 is 0. The van der Waals surface area contributed by atoms with E-state index in [9.17, 15) is 0 Å². The van der Waals surface area contributed by atoms with Crippen molar-refractivity contribution in [2.24, 2.45) is 5.10 Å². The molecule has 0 aliphatic carbocycles. The number of nitrogens with one attached hydrogen (secondary N) is 1. The van der Waals surface area contributed by atoms with Gasteiger partial charge in [-0.15, -0.1) is 11.3 Å². The number of hydrogen-bond donors (Lipinski definition) is 1. The largest absolute Gasteiger partial charge is 0.253 e. The molecule has 4 aromatic rings. The van der Waals surface area contributed by atoms with Crippen LogP contribution in [0.4, 0.5) is 5.13 Å². The second-order valence-electron chi connectivity index (χ2n) is 6.14.